The van der Waals surface area contributed by atoms with E-state index >= 15 is 0 Å². The minimum absolute atomic E-state index is 0.00437. The highest BCUT2D eigenvalue weighted by atomic mass is 35.5. The van der Waals surface area contributed by atoms with Crippen molar-refractivity contribution in [2.45, 2.75) is 32.3 Å². The molecule has 1 aromatic heterocycles. The summed E-state index contributed by atoms with van der Waals surface area (Å²) in [6, 6.07) is 9.08. The van der Waals surface area contributed by atoms with Crippen LogP contribution < -0.4 is 14.8 Å². The number of carbonyl (C=O) groups excluding carboxylic acids is 1. The fourth-order valence-corrected chi connectivity index (χ4v) is 4.56. The molecule has 0 amide bonds. The van der Waals surface area contributed by atoms with E-state index in [1.165, 1.54) is 20.5 Å². The average Bonchev–Trinajstić information content (AvgIpc) is 2.85. The number of piperidine rings is 1. The number of rotatable bonds is 9. The molecule has 9 nitrogen and oxygen atoms in total. The van der Waals surface area contributed by atoms with E-state index in [1.807, 2.05) is 18.2 Å². The number of anilines is 2. The molecule has 2 N–H and O–H groups in total. The van der Waals surface area contributed by atoms with Crippen LogP contribution in [0.1, 0.15) is 26.2 Å². The number of hydrogen-bond donors (Lipinski definition) is 2. The third-order valence-corrected chi connectivity index (χ3v) is 6.14. The van der Waals surface area contributed by atoms with Gasteiger partial charge in [-0.2, -0.15) is 14.4 Å². The zero-order chi connectivity index (χ0) is 25.7. The van der Waals surface area contributed by atoms with Crippen molar-refractivity contribution in [3.8, 4) is 17.2 Å². The van der Waals surface area contributed by atoms with Gasteiger partial charge in [0.25, 0.3) is 0 Å². The maximum Gasteiger partial charge on any atom is 0.310 e. The lowest BCUT2D eigenvalue weighted by atomic mass is 10.1. The SMILES string of the molecule is COc1c(OCC(CN2CCCCC2)OC(C)=O)c(Nc2ccccc2)c2nc(F)nc(Cl)c2c1O. The zero-order valence-electron chi connectivity index (χ0n) is 20.1. The summed E-state index contributed by atoms with van der Waals surface area (Å²) in [6.45, 7) is 3.62. The Hall–Kier alpha value is -3.37. The van der Waals surface area contributed by atoms with Crippen molar-refractivity contribution < 1.29 is 28.5 Å². The molecule has 11 heteroatoms. The maximum absolute atomic E-state index is 14.2. The number of halogens is 2. The second kappa shape index (κ2) is 11.6. The first-order chi connectivity index (χ1) is 17.4. The number of nitrogens with zero attached hydrogens (tertiary/aromatic N) is 3. The lowest BCUT2D eigenvalue weighted by Gasteiger charge is -2.30. The summed E-state index contributed by atoms with van der Waals surface area (Å²) in [5.41, 5.74) is 0.870. The van der Waals surface area contributed by atoms with E-state index in [9.17, 15) is 14.3 Å². The maximum atomic E-state index is 14.2. The number of phenolic OH excluding ortho intramolecular Hbond substituents is 1. The molecule has 0 aliphatic carbocycles. The van der Waals surface area contributed by atoms with Gasteiger partial charge in [0.05, 0.1) is 12.5 Å². The van der Waals surface area contributed by atoms with Crippen molar-refractivity contribution in [2.75, 3.05) is 38.7 Å². The Morgan fingerprint density at radius 3 is 2.58 bits per heavy atom. The summed E-state index contributed by atoms with van der Waals surface area (Å²) in [5.74, 6) is -0.807. The second-order valence-electron chi connectivity index (χ2n) is 8.49. The number of fused-ring (bicyclic) bond motifs is 1. The first-order valence-electron chi connectivity index (χ1n) is 11.7. The minimum atomic E-state index is -1.07. The molecular formula is C25H28ClFN4O5. The van der Waals surface area contributed by atoms with Crippen molar-refractivity contribution in [1.29, 1.82) is 0 Å². The number of aromatic hydroxyl groups is 1. The van der Waals surface area contributed by atoms with Gasteiger partial charge in [-0.1, -0.05) is 36.2 Å². The van der Waals surface area contributed by atoms with Crippen LogP contribution in [0.5, 0.6) is 17.2 Å². The number of benzene rings is 2. The molecule has 1 unspecified atom stereocenters. The summed E-state index contributed by atoms with van der Waals surface area (Å²) in [7, 11) is 1.36. The summed E-state index contributed by atoms with van der Waals surface area (Å²) < 4.78 is 31.4. The standard InChI is InChI=1S/C25H28ClFN4O5/c1-15(32)36-17(13-31-11-7-4-8-12-31)14-35-22-20(28-16-9-5-3-6-10-16)19-18(21(33)23(22)34-2)24(26)30-25(27)29-19/h3,5-6,9-10,17,28,33H,4,7-8,11-14H2,1-2H3. The Morgan fingerprint density at radius 1 is 1.19 bits per heavy atom. The Bertz CT molecular complexity index is 1220. The van der Waals surface area contributed by atoms with Crippen LogP contribution in [-0.2, 0) is 9.53 Å². The third kappa shape index (κ3) is 5.88. The third-order valence-electron chi connectivity index (χ3n) is 5.86. The van der Waals surface area contributed by atoms with Crippen LogP contribution in [0.4, 0.5) is 15.8 Å². The van der Waals surface area contributed by atoms with Gasteiger partial charge in [-0.3, -0.25) is 9.69 Å². The number of carbonyl (C=O) groups is 1. The minimum Gasteiger partial charge on any atom is -0.504 e. The van der Waals surface area contributed by atoms with E-state index in [2.05, 4.69) is 20.2 Å². The van der Waals surface area contributed by atoms with Crippen LogP contribution in [0.3, 0.4) is 0 Å². The van der Waals surface area contributed by atoms with Crippen LogP contribution >= 0.6 is 11.6 Å². The van der Waals surface area contributed by atoms with E-state index in [-0.39, 0.29) is 39.8 Å². The van der Waals surface area contributed by atoms with Gasteiger partial charge < -0.3 is 24.6 Å². The summed E-state index contributed by atoms with van der Waals surface area (Å²) in [6.07, 6.45) is 1.68. The normalized spacial score (nSPS) is 14.9. The second-order valence-corrected chi connectivity index (χ2v) is 8.85. The fraction of sp³-hybridized carbons (Fsp3) is 0.400. The number of ether oxygens (including phenoxy) is 3. The lowest BCUT2D eigenvalue weighted by Crippen LogP contribution is -2.40. The van der Waals surface area contributed by atoms with Gasteiger partial charge in [-0.15, -0.1) is 0 Å². The predicted molar refractivity (Wildman–Crippen MR) is 134 cm³/mol. The number of esters is 1. The number of likely N-dealkylation sites (tertiary alicyclic amines) is 1. The molecule has 4 rings (SSSR count). The average molecular weight is 519 g/mol. The van der Waals surface area contributed by atoms with Gasteiger partial charge in [0.15, 0.2) is 11.5 Å². The van der Waals surface area contributed by atoms with Gasteiger partial charge in [-0.25, -0.2) is 0 Å². The predicted octanol–water partition coefficient (Wildman–Crippen LogP) is 4.68. The molecule has 1 aliphatic heterocycles. The largest absolute Gasteiger partial charge is 0.504 e. The Labute approximate surface area is 213 Å². The highest BCUT2D eigenvalue weighted by molar-refractivity contribution is 6.35. The molecule has 36 heavy (non-hydrogen) atoms. The molecule has 0 spiro atoms. The van der Waals surface area contributed by atoms with Crippen molar-refractivity contribution >= 4 is 39.8 Å². The first-order valence-corrected chi connectivity index (χ1v) is 12.0. The lowest BCUT2D eigenvalue weighted by molar-refractivity contribution is -0.149. The van der Waals surface area contributed by atoms with E-state index in [0.717, 1.165) is 25.9 Å². The number of aromatic nitrogens is 2. The van der Waals surface area contributed by atoms with Gasteiger partial charge in [0, 0.05) is 19.2 Å². The Morgan fingerprint density at radius 2 is 1.92 bits per heavy atom. The van der Waals surface area contributed by atoms with Crippen LogP contribution in [0.15, 0.2) is 30.3 Å². The number of methoxy groups -OCH3 is 1. The molecular weight excluding hydrogens is 491 g/mol. The van der Waals surface area contributed by atoms with Gasteiger partial charge >= 0.3 is 12.0 Å². The van der Waals surface area contributed by atoms with Crippen LogP contribution in [0.2, 0.25) is 5.15 Å². The number of phenols is 1. The summed E-state index contributed by atoms with van der Waals surface area (Å²) in [4.78, 5) is 21.4. The molecule has 192 valence electrons. The molecule has 1 aliphatic rings. The number of hydrogen-bond acceptors (Lipinski definition) is 9. The van der Waals surface area contributed by atoms with E-state index in [0.29, 0.717) is 12.2 Å². The number of para-hydroxylation sites is 1. The number of nitrogens with one attached hydrogen (secondary N) is 1. The molecule has 0 saturated carbocycles. The first kappa shape index (κ1) is 25.7. The van der Waals surface area contributed by atoms with Crippen molar-refractivity contribution in [3.63, 3.8) is 0 Å². The molecule has 3 aromatic rings. The van der Waals surface area contributed by atoms with Crippen LogP contribution in [-0.4, -0.2) is 65.4 Å². The molecule has 1 saturated heterocycles. The highest BCUT2D eigenvalue weighted by Gasteiger charge is 2.28. The van der Waals surface area contributed by atoms with Gasteiger partial charge in [0.1, 0.15) is 29.1 Å². The summed E-state index contributed by atoms with van der Waals surface area (Å²) >= 11 is 6.18. The molecule has 0 bridgehead atoms. The molecule has 0 radical (unpaired) electrons. The van der Waals surface area contributed by atoms with E-state index in [4.69, 9.17) is 25.8 Å². The Balaban J connectivity index is 1.76. The summed E-state index contributed by atoms with van der Waals surface area (Å²) in [5, 5.41) is 13.8. The van der Waals surface area contributed by atoms with E-state index < -0.39 is 23.9 Å². The van der Waals surface area contributed by atoms with Crippen LogP contribution in [0.25, 0.3) is 10.9 Å². The molecule has 2 heterocycles. The van der Waals surface area contributed by atoms with Crippen molar-refractivity contribution in [3.05, 3.63) is 41.6 Å². The zero-order valence-corrected chi connectivity index (χ0v) is 20.8. The Kier molecular flexibility index (Phi) is 8.27. The smallest absolute Gasteiger partial charge is 0.310 e. The fourth-order valence-electron chi connectivity index (χ4n) is 4.31. The van der Waals surface area contributed by atoms with Crippen molar-refractivity contribution in [2.24, 2.45) is 0 Å². The molecule has 1 atom stereocenters. The van der Waals surface area contributed by atoms with Crippen molar-refractivity contribution in [1.82, 2.24) is 14.9 Å². The van der Waals surface area contributed by atoms with Gasteiger partial charge in [0.2, 0.25) is 5.75 Å². The quantitative estimate of drug-likeness (QED) is 0.181. The monoisotopic (exact) mass is 518 g/mol. The highest BCUT2D eigenvalue weighted by Crippen LogP contribution is 2.51. The van der Waals surface area contributed by atoms with Gasteiger partial charge in [-0.05, 0) is 38.1 Å². The van der Waals surface area contributed by atoms with E-state index in [1.54, 1.807) is 12.1 Å². The molecule has 1 fully saturated rings. The van der Waals surface area contributed by atoms with Crippen LogP contribution in [0, 0.1) is 6.08 Å². The topological polar surface area (TPSA) is 106 Å². The molecule has 2 aromatic carbocycles.